The maximum Gasteiger partial charge on any atom is 0.145 e. The van der Waals surface area contributed by atoms with Crippen molar-refractivity contribution in [1.29, 1.82) is 0 Å². The molecule has 0 bridgehead atoms. The molecule has 1 rings (SSSR count). The quantitative estimate of drug-likeness (QED) is 0.638. The average Bonchev–Trinajstić information content (AvgIpc) is 2.06. The third kappa shape index (κ3) is 1.94. The molecule has 0 fully saturated rings. The Kier molecular flexibility index (Phi) is 3.03. The molecule has 0 aliphatic rings. The lowest BCUT2D eigenvalue weighted by Gasteiger charge is -2.24. The van der Waals surface area contributed by atoms with Crippen LogP contribution in [0.5, 0.6) is 0 Å². The molecule has 0 heterocycles. The smallest absolute Gasteiger partial charge is 0.0960 e. The van der Waals surface area contributed by atoms with Gasteiger partial charge in [-0.05, 0) is 11.5 Å². The van der Waals surface area contributed by atoms with Crippen LogP contribution < -0.4 is 0 Å². The predicted molar refractivity (Wildman–Crippen MR) is 54.7 cm³/mol. The van der Waals surface area contributed by atoms with Gasteiger partial charge in [-0.2, -0.15) is 0 Å². The standard InChI is InChI=1S/C10H12Cl2/c1-8(2)10(11,12)9-6-4-3-5-7-9/h3-8H,1-2H3. The topological polar surface area (TPSA) is 0 Å². The van der Waals surface area contributed by atoms with Crippen molar-refractivity contribution in [2.24, 2.45) is 5.92 Å². The van der Waals surface area contributed by atoms with E-state index >= 15 is 0 Å². The first kappa shape index (κ1) is 9.88. The van der Waals surface area contributed by atoms with Gasteiger partial charge in [0, 0.05) is 0 Å². The maximum atomic E-state index is 6.16. The Balaban J connectivity index is 2.98. The number of halogens is 2. The van der Waals surface area contributed by atoms with E-state index in [1.165, 1.54) is 0 Å². The zero-order chi connectivity index (χ0) is 9.19. The fourth-order valence-corrected chi connectivity index (χ4v) is 1.25. The van der Waals surface area contributed by atoms with E-state index < -0.39 is 4.33 Å². The summed E-state index contributed by atoms with van der Waals surface area (Å²) in [4.78, 5) is 0. The average molecular weight is 203 g/mol. The molecule has 0 atom stereocenters. The van der Waals surface area contributed by atoms with E-state index in [1.54, 1.807) is 0 Å². The lowest BCUT2D eigenvalue weighted by atomic mass is 10.0. The SMILES string of the molecule is CC(C)C(Cl)(Cl)c1ccccc1. The van der Waals surface area contributed by atoms with Gasteiger partial charge in [-0.15, -0.1) is 0 Å². The van der Waals surface area contributed by atoms with Gasteiger partial charge in [-0.1, -0.05) is 67.4 Å². The van der Waals surface area contributed by atoms with Crippen LogP contribution in [-0.4, -0.2) is 0 Å². The van der Waals surface area contributed by atoms with E-state index in [4.69, 9.17) is 23.2 Å². The van der Waals surface area contributed by atoms with Crippen LogP contribution in [0.2, 0.25) is 0 Å². The first-order chi connectivity index (χ1) is 5.55. The summed E-state index contributed by atoms with van der Waals surface area (Å²) in [6.45, 7) is 4.01. The molecule has 1 aromatic rings. The van der Waals surface area contributed by atoms with Crippen molar-refractivity contribution in [2.75, 3.05) is 0 Å². The molecule has 0 saturated carbocycles. The van der Waals surface area contributed by atoms with Crippen LogP contribution in [0.15, 0.2) is 30.3 Å². The van der Waals surface area contributed by atoms with Gasteiger partial charge in [0.2, 0.25) is 0 Å². The molecule has 2 heteroatoms. The fourth-order valence-electron chi connectivity index (χ4n) is 0.994. The van der Waals surface area contributed by atoms with Gasteiger partial charge < -0.3 is 0 Å². The van der Waals surface area contributed by atoms with Crippen molar-refractivity contribution >= 4 is 23.2 Å². The Bertz CT molecular complexity index is 239. The summed E-state index contributed by atoms with van der Waals surface area (Å²) in [5.41, 5.74) is 0.961. The van der Waals surface area contributed by atoms with Crippen LogP contribution in [0.25, 0.3) is 0 Å². The summed E-state index contributed by atoms with van der Waals surface area (Å²) in [5, 5.41) is 0. The monoisotopic (exact) mass is 202 g/mol. The normalized spacial score (nSPS) is 12.1. The Morgan fingerprint density at radius 2 is 1.58 bits per heavy atom. The molecule has 0 unspecified atom stereocenters. The Hall–Kier alpha value is -0.200. The van der Waals surface area contributed by atoms with Gasteiger partial charge >= 0.3 is 0 Å². The summed E-state index contributed by atoms with van der Waals surface area (Å²) in [5.74, 6) is 0.211. The molecule has 0 saturated heterocycles. The minimum Gasteiger partial charge on any atom is -0.0960 e. The van der Waals surface area contributed by atoms with E-state index in [0.717, 1.165) is 5.56 Å². The minimum absolute atomic E-state index is 0.211. The highest BCUT2D eigenvalue weighted by Gasteiger charge is 2.29. The second-order valence-electron chi connectivity index (χ2n) is 3.14. The van der Waals surface area contributed by atoms with Crippen LogP contribution >= 0.6 is 23.2 Å². The lowest BCUT2D eigenvalue weighted by Crippen LogP contribution is -2.17. The molecule has 0 aromatic heterocycles. The van der Waals surface area contributed by atoms with Crippen molar-refractivity contribution in [3.63, 3.8) is 0 Å². The molecule has 0 radical (unpaired) electrons. The Morgan fingerprint density at radius 1 is 1.08 bits per heavy atom. The second-order valence-corrected chi connectivity index (χ2v) is 4.53. The number of hydrogen-bond acceptors (Lipinski definition) is 0. The highest BCUT2D eigenvalue weighted by molar-refractivity contribution is 6.48. The Morgan fingerprint density at radius 3 is 2.00 bits per heavy atom. The summed E-state index contributed by atoms with van der Waals surface area (Å²) in [7, 11) is 0. The zero-order valence-corrected chi connectivity index (χ0v) is 8.73. The zero-order valence-electron chi connectivity index (χ0n) is 7.22. The van der Waals surface area contributed by atoms with E-state index in [0.29, 0.717) is 0 Å². The third-order valence-corrected chi connectivity index (χ3v) is 3.19. The largest absolute Gasteiger partial charge is 0.145 e. The van der Waals surface area contributed by atoms with Crippen molar-refractivity contribution in [3.8, 4) is 0 Å². The van der Waals surface area contributed by atoms with Crippen LogP contribution in [0, 0.1) is 5.92 Å². The lowest BCUT2D eigenvalue weighted by molar-refractivity contribution is 0.572. The van der Waals surface area contributed by atoms with Crippen molar-refractivity contribution in [2.45, 2.75) is 18.2 Å². The summed E-state index contributed by atoms with van der Waals surface area (Å²) in [6, 6.07) is 9.72. The van der Waals surface area contributed by atoms with Crippen molar-refractivity contribution in [1.82, 2.24) is 0 Å². The molecule has 0 nitrogen and oxygen atoms in total. The summed E-state index contributed by atoms with van der Waals surface area (Å²) in [6.07, 6.45) is 0. The van der Waals surface area contributed by atoms with Crippen LogP contribution in [0.3, 0.4) is 0 Å². The molecular formula is C10H12Cl2. The number of rotatable bonds is 2. The van der Waals surface area contributed by atoms with Gasteiger partial charge in [0.25, 0.3) is 0 Å². The van der Waals surface area contributed by atoms with E-state index in [2.05, 4.69) is 0 Å². The maximum absolute atomic E-state index is 6.16. The molecule has 0 aliphatic heterocycles. The van der Waals surface area contributed by atoms with Crippen LogP contribution in [0.1, 0.15) is 19.4 Å². The Labute approximate surface area is 83.5 Å². The summed E-state index contributed by atoms with van der Waals surface area (Å²) >= 11 is 12.3. The third-order valence-electron chi connectivity index (χ3n) is 1.88. The van der Waals surface area contributed by atoms with Gasteiger partial charge in [-0.3, -0.25) is 0 Å². The number of benzene rings is 1. The molecular weight excluding hydrogens is 191 g/mol. The molecule has 0 spiro atoms. The molecule has 0 N–H and O–H groups in total. The second kappa shape index (κ2) is 3.68. The molecule has 66 valence electrons. The first-order valence-electron chi connectivity index (χ1n) is 3.98. The van der Waals surface area contributed by atoms with Gasteiger partial charge in [0.1, 0.15) is 4.33 Å². The summed E-state index contributed by atoms with van der Waals surface area (Å²) < 4.78 is -0.763. The molecule has 0 aliphatic carbocycles. The van der Waals surface area contributed by atoms with E-state index in [1.807, 2.05) is 44.2 Å². The van der Waals surface area contributed by atoms with Crippen LogP contribution in [0.4, 0.5) is 0 Å². The van der Waals surface area contributed by atoms with E-state index in [-0.39, 0.29) is 5.92 Å². The van der Waals surface area contributed by atoms with Gasteiger partial charge in [0.05, 0.1) is 0 Å². The number of alkyl halides is 2. The molecule has 0 amide bonds. The minimum atomic E-state index is -0.763. The van der Waals surface area contributed by atoms with Gasteiger partial charge in [0.15, 0.2) is 0 Å². The highest BCUT2D eigenvalue weighted by atomic mass is 35.5. The van der Waals surface area contributed by atoms with E-state index in [9.17, 15) is 0 Å². The van der Waals surface area contributed by atoms with Crippen molar-refractivity contribution < 1.29 is 0 Å². The molecule has 1 aromatic carbocycles. The first-order valence-corrected chi connectivity index (χ1v) is 4.74. The predicted octanol–water partition coefficient (Wildman–Crippen LogP) is 3.97. The van der Waals surface area contributed by atoms with Crippen LogP contribution in [-0.2, 0) is 4.33 Å². The number of hydrogen-bond donors (Lipinski definition) is 0. The molecule has 12 heavy (non-hydrogen) atoms. The van der Waals surface area contributed by atoms with Gasteiger partial charge in [-0.25, -0.2) is 0 Å². The van der Waals surface area contributed by atoms with Crippen molar-refractivity contribution in [3.05, 3.63) is 35.9 Å². The highest BCUT2D eigenvalue weighted by Crippen LogP contribution is 2.40. The fraction of sp³-hybridized carbons (Fsp3) is 0.400.